The molecule has 0 aliphatic rings. The second kappa shape index (κ2) is 8.37. The maximum atomic E-state index is 13.4. The minimum atomic E-state index is -0.366. The normalized spacial score (nSPS) is 10.9. The van der Waals surface area contributed by atoms with Crippen molar-refractivity contribution in [3.63, 3.8) is 0 Å². The minimum Gasteiger partial charge on any atom is -0.383 e. The van der Waals surface area contributed by atoms with Gasteiger partial charge in [0.25, 0.3) is 0 Å². The van der Waals surface area contributed by atoms with Gasteiger partial charge < -0.3 is 11.1 Å². The summed E-state index contributed by atoms with van der Waals surface area (Å²) in [7, 11) is 0. The number of anilines is 2. The molecule has 1 amide bonds. The number of thiophene rings is 1. The summed E-state index contributed by atoms with van der Waals surface area (Å²) < 4.78 is 15.1. The van der Waals surface area contributed by atoms with E-state index in [-0.39, 0.29) is 17.5 Å². The van der Waals surface area contributed by atoms with Gasteiger partial charge in [0, 0.05) is 11.4 Å². The Bertz CT molecular complexity index is 1340. The summed E-state index contributed by atoms with van der Waals surface area (Å²) >= 11 is 2.61. The Morgan fingerprint density at radius 1 is 1.29 bits per heavy atom. The number of nitriles is 1. The van der Waals surface area contributed by atoms with Crippen LogP contribution < -0.4 is 11.1 Å². The largest absolute Gasteiger partial charge is 0.383 e. The zero-order valence-corrected chi connectivity index (χ0v) is 18.3. The van der Waals surface area contributed by atoms with Gasteiger partial charge in [-0.25, -0.2) is 14.4 Å². The van der Waals surface area contributed by atoms with Crippen LogP contribution in [-0.4, -0.2) is 26.2 Å². The van der Waals surface area contributed by atoms with Crippen molar-refractivity contribution < 1.29 is 9.18 Å². The van der Waals surface area contributed by atoms with Crippen LogP contribution >= 0.6 is 23.1 Å². The van der Waals surface area contributed by atoms with E-state index in [0.29, 0.717) is 28.0 Å². The number of nitrogens with one attached hydrogen (secondary N) is 1. The first-order valence-corrected chi connectivity index (χ1v) is 11.1. The van der Waals surface area contributed by atoms with E-state index < -0.39 is 0 Å². The average Bonchev–Trinajstić information content (AvgIpc) is 3.31. The van der Waals surface area contributed by atoms with Gasteiger partial charge in [0.15, 0.2) is 5.16 Å². The molecule has 0 unspecified atom stereocenters. The molecule has 0 fully saturated rings. The molecule has 0 saturated heterocycles. The summed E-state index contributed by atoms with van der Waals surface area (Å²) in [5.41, 5.74) is 8.49. The molecule has 3 aromatic heterocycles. The number of hydrogen-bond donors (Lipinski definition) is 2. The fraction of sp³-hybridized carbons (Fsp3) is 0.143. The molecule has 0 aliphatic heterocycles. The highest BCUT2D eigenvalue weighted by Crippen LogP contribution is 2.31. The molecule has 3 heterocycles. The highest BCUT2D eigenvalue weighted by molar-refractivity contribution is 7.99. The van der Waals surface area contributed by atoms with E-state index in [1.54, 1.807) is 16.7 Å². The van der Waals surface area contributed by atoms with Crippen molar-refractivity contribution in [2.24, 2.45) is 0 Å². The van der Waals surface area contributed by atoms with E-state index in [0.717, 1.165) is 33.2 Å². The predicted molar refractivity (Wildman–Crippen MR) is 121 cm³/mol. The molecule has 156 valence electrons. The van der Waals surface area contributed by atoms with Crippen LogP contribution in [0.3, 0.4) is 0 Å². The lowest BCUT2D eigenvalue weighted by molar-refractivity contribution is -0.113. The quantitative estimate of drug-likeness (QED) is 0.343. The van der Waals surface area contributed by atoms with Gasteiger partial charge in [-0.1, -0.05) is 11.8 Å². The Kier molecular flexibility index (Phi) is 5.63. The highest BCUT2D eigenvalue weighted by atomic mass is 32.2. The number of amides is 1. The smallest absolute Gasteiger partial charge is 0.236 e. The SMILES string of the molecule is Cc1c(C#N)c(NC(=O)CSc2nc(N)c3ccsc3n2)n(-c2ccc(F)cc2)c1C. The standard InChI is InChI=1S/C21H17FN6OS2/c1-11-12(2)28(14-5-3-13(22)4-6-14)19(16(11)9-23)25-17(29)10-31-21-26-18(24)15-7-8-30-20(15)27-21/h3-8H,10H2,1-2H3,(H,25,29)(H2,24,26,27). The van der Waals surface area contributed by atoms with E-state index in [1.807, 2.05) is 25.3 Å². The number of carbonyl (C=O) groups excluding carboxylic acids is 1. The van der Waals surface area contributed by atoms with Crippen LogP contribution in [0.5, 0.6) is 0 Å². The van der Waals surface area contributed by atoms with Crippen LogP contribution in [-0.2, 0) is 4.79 Å². The number of rotatable bonds is 5. The number of thioether (sulfide) groups is 1. The molecule has 4 aromatic rings. The number of nitrogens with two attached hydrogens (primary N) is 1. The number of benzene rings is 1. The number of nitrogens with zero attached hydrogens (tertiary/aromatic N) is 4. The summed E-state index contributed by atoms with van der Waals surface area (Å²) in [6.45, 7) is 3.65. The van der Waals surface area contributed by atoms with Crippen LogP contribution in [0.4, 0.5) is 16.0 Å². The molecule has 0 saturated carbocycles. The second-order valence-electron chi connectivity index (χ2n) is 6.73. The predicted octanol–water partition coefficient (Wildman–Crippen LogP) is 4.42. The molecule has 1 aromatic carbocycles. The van der Waals surface area contributed by atoms with Crippen LogP contribution in [0.15, 0.2) is 40.9 Å². The minimum absolute atomic E-state index is 0.0356. The topological polar surface area (TPSA) is 110 Å². The first kappa shape index (κ1) is 20.8. The third kappa shape index (κ3) is 3.97. The van der Waals surface area contributed by atoms with Crippen LogP contribution in [0.25, 0.3) is 15.9 Å². The molecule has 0 spiro atoms. The molecule has 0 atom stereocenters. The number of carbonyl (C=O) groups is 1. The first-order chi connectivity index (χ1) is 14.9. The monoisotopic (exact) mass is 452 g/mol. The number of fused-ring (bicyclic) bond motifs is 1. The molecule has 10 heteroatoms. The Hall–Kier alpha value is -3.42. The number of nitrogen functional groups attached to an aromatic ring is 1. The molecule has 4 rings (SSSR count). The van der Waals surface area contributed by atoms with Crippen molar-refractivity contribution in [3.8, 4) is 11.8 Å². The lowest BCUT2D eigenvalue weighted by atomic mass is 10.2. The van der Waals surface area contributed by atoms with E-state index in [2.05, 4.69) is 21.4 Å². The second-order valence-corrected chi connectivity index (χ2v) is 8.56. The summed E-state index contributed by atoms with van der Waals surface area (Å²) in [4.78, 5) is 22.1. The van der Waals surface area contributed by atoms with Crippen molar-refractivity contribution in [2.75, 3.05) is 16.8 Å². The van der Waals surface area contributed by atoms with Crippen molar-refractivity contribution in [2.45, 2.75) is 19.0 Å². The van der Waals surface area contributed by atoms with Gasteiger partial charge in [-0.2, -0.15) is 5.26 Å². The Morgan fingerprint density at radius 3 is 2.74 bits per heavy atom. The van der Waals surface area contributed by atoms with Crippen molar-refractivity contribution in [1.82, 2.24) is 14.5 Å². The number of aromatic nitrogens is 3. The fourth-order valence-corrected chi connectivity index (χ4v) is 4.68. The summed E-state index contributed by atoms with van der Waals surface area (Å²) in [5.74, 6) is 0.0697. The van der Waals surface area contributed by atoms with Crippen molar-refractivity contribution in [1.29, 1.82) is 5.26 Å². The first-order valence-electron chi connectivity index (χ1n) is 9.20. The number of halogens is 1. The molecule has 3 N–H and O–H groups in total. The van der Waals surface area contributed by atoms with Gasteiger partial charge in [0.1, 0.15) is 28.4 Å². The molecule has 0 aliphatic carbocycles. The van der Waals surface area contributed by atoms with Crippen LogP contribution in [0, 0.1) is 31.0 Å². The van der Waals surface area contributed by atoms with Gasteiger partial charge in [0.05, 0.1) is 16.7 Å². The van der Waals surface area contributed by atoms with Gasteiger partial charge >= 0.3 is 0 Å². The third-order valence-electron chi connectivity index (χ3n) is 4.83. The van der Waals surface area contributed by atoms with Crippen LogP contribution in [0.2, 0.25) is 0 Å². The third-order valence-corrected chi connectivity index (χ3v) is 6.49. The molecule has 0 bridgehead atoms. The van der Waals surface area contributed by atoms with E-state index in [4.69, 9.17) is 5.73 Å². The zero-order chi connectivity index (χ0) is 22.1. The lowest BCUT2D eigenvalue weighted by Gasteiger charge is -2.13. The maximum absolute atomic E-state index is 13.4. The summed E-state index contributed by atoms with van der Waals surface area (Å²) in [5, 5.41) is 15.6. The molecule has 0 radical (unpaired) electrons. The van der Waals surface area contributed by atoms with E-state index in [1.165, 1.54) is 23.5 Å². The summed E-state index contributed by atoms with van der Waals surface area (Å²) in [6, 6.07) is 9.87. The average molecular weight is 453 g/mol. The van der Waals surface area contributed by atoms with Gasteiger partial charge in [-0.05, 0) is 55.1 Å². The fourth-order valence-electron chi connectivity index (χ4n) is 3.19. The lowest BCUT2D eigenvalue weighted by Crippen LogP contribution is -2.18. The van der Waals surface area contributed by atoms with Crippen LogP contribution in [0.1, 0.15) is 16.8 Å². The number of hydrogen-bond acceptors (Lipinski definition) is 7. The van der Waals surface area contributed by atoms with Crippen molar-refractivity contribution >= 4 is 50.9 Å². The maximum Gasteiger partial charge on any atom is 0.236 e. The molecular weight excluding hydrogens is 435 g/mol. The molecular formula is C21H17FN6OS2. The zero-order valence-electron chi connectivity index (χ0n) is 16.6. The van der Waals surface area contributed by atoms with E-state index >= 15 is 0 Å². The molecule has 31 heavy (non-hydrogen) atoms. The van der Waals surface area contributed by atoms with Crippen molar-refractivity contribution in [3.05, 3.63) is 58.3 Å². The van der Waals surface area contributed by atoms with Gasteiger partial charge in [-0.3, -0.25) is 9.36 Å². The van der Waals surface area contributed by atoms with Gasteiger partial charge in [0.2, 0.25) is 5.91 Å². The Morgan fingerprint density at radius 2 is 2.03 bits per heavy atom. The highest BCUT2D eigenvalue weighted by Gasteiger charge is 2.21. The van der Waals surface area contributed by atoms with Gasteiger partial charge in [-0.15, -0.1) is 11.3 Å². The summed E-state index contributed by atoms with van der Waals surface area (Å²) in [6.07, 6.45) is 0. The van der Waals surface area contributed by atoms with E-state index in [9.17, 15) is 14.4 Å². The Balaban J connectivity index is 1.59. The Labute approximate surface area is 185 Å². The molecule has 7 nitrogen and oxygen atoms in total.